The summed E-state index contributed by atoms with van der Waals surface area (Å²) in [5.74, 6) is -0.425. The van der Waals surface area contributed by atoms with Crippen LogP contribution in [0.2, 0.25) is 0 Å². The minimum absolute atomic E-state index is 0.142. The van der Waals surface area contributed by atoms with Crippen molar-refractivity contribution in [2.75, 3.05) is 25.0 Å². The molecule has 0 saturated carbocycles. The van der Waals surface area contributed by atoms with Gasteiger partial charge in [-0.1, -0.05) is 30.3 Å². The van der Waals surface area contributed by atoms with Gasteiger partial charge in [0.2, 0.25) is 5.91 Å². The first kappa shape index (κ1) is 16.7. The summed E-state index contributed by atoms with van der Waals surface area (Å²) in [5, 5.41) is 2.84. The van der Waals surface area contributed by atoms with E-state index in [0.717, 1.165) is 24.2 Å². The normalized spacial score (nSPS) is 10.7. The summed E-state index contributed by atoms with van der Waals surface area (Å²) in [4.78, 5) is 13.9. The lowest BCUT2D eigenvalue weighted by atomic mass is 10.2. The number of carbonyl (C=O) groups excluding carboxylic acids is 1. The highest BCUT2D eigenvalue weighted by Gasteiger charge is 2.00. The van der Waals surface area contributed by atoms with Gasteiger partial charge in [0.05, 0.1) is 0 Å². The molecule has 2 aromatic rings. The average molecular weight is 312 g/mol. The van der Waals surface area contributed by atoms with Gasteiger partial charge in [-0.25, -0.2) is 4.39 Å². The fraction of sp³-hybridized carbons (Fsp3) is 0.211. The minimum Gasteiger partial charge on any atom is -0.375 e. The molecular weight excluding hydrogens is 291 g/mol. The van der Waals surface area contributed by atoms with Gasteiger partial charge in [-0.3, -0.25) is 4.79 Å². The lowest BCUT2D eigenvalue weighted by Gasteiger charge is -2.19. The predicted octanol–water partition coefficient (Wildman–Crippen LogP) is 3.48. The summed E-state index contributed by atoms with van der Waals surface area (Å²) >= 11 is 0. The maximum atomic E-state index is 12.8. The second-order valence-corrected chi connectivity index (χ2v) is 5.29. The summed E-state index contributed by atoms with van der Waals surface area (Å²) in [6.45, 7) is 1.48. The topological polar surface area (TPSA) is 32.3 Å². The van der Waals surface area contributed by atoms with Crippen molar-refractivity contribution in [3.63, 3.8) is 0 Å². The summed E-state index contributed by atoms with van der Waals surface area (Å²) in [6, 6.07) is 16.1. The number of halogens is 1. The number of nitrogens with one attached hydrogen (secondary N) is 1. The highest BCUT2D eigenvalue weighted by atomic mass is 19.1. The SMILES string of the molecule is CN(CCCNC(=O)/C=C/c1ccc(F)cc1)c1ccccc1. The molecule has 0 spiro atoms. The molecule has 1 N–H and O–H groups in total. The van der Waals surface area contributed by atoms with E-state index >= 15 is 0 Å². The Labute approximate surface area is 136 Å². The molecule has 0 bridgehead atoms. The van der Waals surface area contributed by atoms with Crippen molar-refractivity contribution in [1.29, 1.82) is 0 Å². The Morgan fingerprint density at radius 2 is 1.83 bits per heavy atom. The van der Waals surface area contributed by atoms with Crippen LogP contribution in [0.4, 0.5) is 10.1 Å². The Balaban J connectivity index is 1.67. The Hall–Kier alpha value is -2.62. The van der Waals surface area contributed by atoms with Crippen LogP contribution >= 0.6 is 0 Å². The number of nitrogens with zero attached hydrogens (tertiary/aromatic N) is 1. The fourth-order valence-electron chi connectivity index (χ4n) is 2.14. The van der Waals surface area contributed by atoms with Crippen LogP contribution in [-0.4, -0.2) is 26.0 Å². The van der Waals surface area contributed by atoms with E-state index in [0.29, 0.717) is 6.54 Å². The molecule has 0 aliphatic heterocycles. The van der Waals surface area contributed by atoms with E-state index in [1.807, 2.05) is 25.2 Å². The van der Waals surface area contributed by atoms with Crippen LogP contribution in [0.3, 0.4) is 0 Å². The van der Waals surface area contributed by atoms with Crippen molar-refractivity contribution < 1.29 is 9.18 Å². The monoisotopic (exact) mass is 312 g/mol. The fourth-order valence-corrected chi connectivity index (χ4v) is 2.14. The van der Waals surface area contributed by atoms with Gasteiger partial charge in [-0.15, -0.1) is 0 Å². The molecular formula is C19H21FN2O. The predicted molar refractivity (Wildman–Crippen MR) is 92.8 cm³/mol. The molecule has 0 radical (unpaired) electrons. The van der Waals surface area contributed by atoms with Gasteiger partial charge in [0.1, 0.15) is 5.82 Å². The lowest BCUT2D eigenvalue weighted by molar-refractivity contribution is -0.116. The lowest BCUT2D eigenvalue weighted by Crippen LogP contribution is -2.26. The van der Waals surface area contributed by atoms with E-state index in [1.54, 1.807) is 18.2 Å². The van der Waals surface area contributed by atoms with E-state index in [9.17, 15) is 9.18 Å². The van der Waals surface area contributed by atoms with Gasteiger partial charge >= 0.3 is 0 Å². The highest BCUT2D eigenvalue weighted by molar-refractivity contribution is 5.91. The molecule has 23 heavy (non-hydrogen) atoms. The Bertz CT molecular complexity index is 638. The van der Waals surface area contributed by atoms with E-state index in [4.69, 9.17) is 0 Å². The van der Waals surface area contributed by atoms with Crippen molar-refractivity contribution in [3.8, 4) is 0 Å². The van der Waals surface area contributed by atoms with Crippen molar-refractivity contribution in [1.82, 2.24) is 5.32 Å². The zero-order valence-corrected chi connectivity index (χ0v) is 13.2. The smallest absolute Gasteiger partial charge is 0.244 e. The average Bonchev–Trinajstić information content (AvgIpc) is 2.59. The quantitative estimate of drug-likeness (QED) is 0.627. The molecule has 0 fully saturated rings. The van der Waals surface area contributed by atoms with Gasteiger partial charge in [-0.05, 0) is 42.3 Å². The van der Waals surface area contributed by atoms with E-state index < -0.39 is 0 Å². The van der Waals surface area contributed by atoms with Crippen LogP contribution in [-0.2, 0) is 4.79 Å². The third-order valence-corrected chi connectivity index (χ3v) is 3.46. The maximum Gasteiger partial charge on any atom is 0.244 e. The first-order valence-electron chi connectivity index (χ1n) is 7.63. The van der Waals surface area contributed by atoms with Gasteiger partial charge < -0.3 is 10.2 Å². The van der Waals surface area contributed by atoms with Gasteiger partial charge in [0.25, 0.3) is 0 Å². The van der Waals surface area contributed by atoms with Crippen molar-refractivity contribution in [2.24, 2.45) is 0 Å². The second kappa shape index (κ2) is 8.73. The molecule has 2 rings (SSSR count). The van der Waals surface area contributed by atoms with Gasteiger partial charge in [0.15, 0.2) is 0 Å². The Morgan fingerprint density at radius 1 is 1.13 bits per heavy atom. The number of amides is 1. The van der Waals surface area contributed by atoms with Gasteiger partial charge in [0, 0.05) is 31.9 Å². The molecule has 0 unspecified atom stereocenters. The van der Waals surface area contributed by atoms with Crippen molar-refractivity contribution in [3.05, 3.63) is 72.1 Å². The van der Waals surface area contributed by atoms with Crippen molar-refractivity contribution >= 4 is 17.7 Å². The maximum absolute atomic E-state index is 12.8. The third kappa shape index (κ3) is 5.94. The van der Waals surface area contributed by atoms with E-state index in [2.05, 4.69) is 22.3 Å². The first-order chi connectivity index (χ1) is 11.1. The summed E-state index contributed by atoms with van der Waals surface area (Å²) in [7, 11) is 2.03. The number of benzene rings is 2. The molecule has 4 heteroatoms. The molecule has 120 valence electrons. The number of anilines is 1. The van der Waals surface area contributed by atoms with Crippen LogP contribution in [0, 0.1) is 5.82 Å². The standard InChI is InChI=1S/C19H21FN2O/c1-22(18-6-3-2-4-7-18)15-5-14-21-19(23)13-10-16-8-11-17(20)12-9-16/h2-4,6-13H,5,14-15H2,1H3,(H,21,23)/b13-10+. The Kier molecular flexibility index (Phi) is 6.36. The third-order valence-electron chi connectivity index (χ3n) is 3.46. The summed E-state index contributed by atoms with van der Waals surface area (Å²) < 4.78 is 12.8. The molecule has 0 heterocycles. The molecule has 0 aliphatic rings. The van der Waals surface area contributed by atoms with Crippen LogP contribution in [0.5, 0.6) is 0 Å². The molecule has 0 atom stereocenters. The number of hydrogen-bond acceptors (Lipinski definition) is 2. The zero-order valence-electron chi connectivity index (χ0n) is 13.2. The minimum atomic E-state index is -0.283. The summed E-state index contributed by atoms with van der Waals surface area (Å²) in [6.07, 6.45) is 4.00. The molecule has 0 aliphatic carbocycles. The highest BCUT2D eigenvalue weighted by Crippen LogP contribution is 2.10. The number of hydrogen-bond donors (Lipinski definition) is 1. The van der Waals surface area contributed by atoms with Crippen LogP contribution in [0.15, 0.2) is 60.7 Å². The molecule has 3 nitrogen and oxygen atoms in total. The van der Waals surface area contributed by atoms with Crippen LogP contribution in [0.25, 0.3) is 6.08 Å². The molecule has 1 amide bonds. The number of carbonyl (C=O) groups is 1. The van der Waals surface area contributed by atoms with Crippen LogP contribution < -0.4 is 10.2 Å². The Morgan fingerprint density at radius 3 is 2.52 bits per heavy atom. The largest absolute Gasteiger partial charge is 0.375 e. The number of rotatable bonds is 7. The zero-order chi connectivity index (χ0) is 16.5. The molecule has 0 saturated heterocycles. The molecule has 0 aromatic heterocycles. The van der Waals surface area contributed by atoms with E-state index in [-0.39, 0.29) is 11.7 Å². The molecule has 2 aromatic carbocycles. The van der Waals surface area contributed by atoms with Gasteiger partial charge in [-0.2, -0.15) is 0 Å². The number of para-hydroxylation sites is 1. The first-order valence-corrected chi connectivity index (χ1v) is 7.63. The van der Waals surface area contributed by atoms with Crippen LogP contribution in [0.1, 0.15) is 12.0 Å². The summed E-state index contributed by atoms with van der Waals surface area (Å²) in [5.41, 5.74) is 1.96. The van der Waals surface area contributed by atoms with E-state index in [1.165, 1.54) is 18.2 Å². The second-order valence-electron chi connectivity index (χ2n) is 5.29. The van der Waals surface area contributed by atoms with Crippen molar-refractivity contribution in [2.45, 2.75) is 6.42 Å².